The minimum atomic E-state index is -0.642. The Labute approximate surface area is 165 Å². The van der Waals surface area contributed by atoms with Gasteiger partial charge < -0.3 is 24.8 Å². The van der Waals surface area contributed by atoms with Gasteiger partial charge in [0.05, 0.1) is 24.9 Å². The second-order valence-electron chi connectivity index (χ2n) is 8.03. The molecule has 0 atom stereocenters. The van der Waals surface area contributed by atoms with E-state index in [-0.39, 0.29) is 18.7 Å². The molecular formula is C19H29N3O6. The summed E-state index contributed by atoms with van der Waals surface area (Å²) in [5.41, 5.74) is -0.0473. The van der Waals surface area contributed by atoms with Gasteiger partial charge in [0.2, 0.25) is 0 Å². The Balaban J connectivity index is 2.91. The summed E-state index contributed by atoms with van der Waals surface area (Å²) in [6.45, 7) is 10.6. The van der Waals surface area contributed by atoms with Gasteiger partial charge in [0.25, 0.3) is 0 Å². The molecule has 1 rings (SSSR count). The van der Waals surface area contributed by atoms with Crippen molar-refractivity contribution < 1.29 is 28.6 Å². The van der Waals surface area contributed by atoms with Crippen molar-refractivity contribution in [2.45, 2.75) is 65.8 Å². The van der Waals surface area contributed by atoms with E-state index < -0.39 is 29.4 Å². The summed E-state index contributed by atoms with van der Waals surface area (Å²) in [7, 11) is 1.26. The predicted molar refractivity (Wildman–Crippen MR) is 102 cm³/mol. The molecule has 2 N–H and O–H groups in total. The number of ether oxygens (including phenoxy) is 3. The van der Waals surface area contributed by atoms with Crippen LogP contribution in [0, 0.1) is 0 Å². The van der Waals surface area contributed by atoms with Crippen molar-refractivity contribution in [3.63, 3.8) is 0 Å². The first kappa shape index (κ1) is 23.2. The summed E-state index contributed by atoms with van der Waals surface area (Å²) >= 11 is 0. The van der Waals surface area contributed by atoms with Gasteiger partial charge in [0, 0.05) is 12.7 Å². The van der Waals surface area contributed by atoms with Crippen molar-refractivity contribution in [2.75, 3.05) is 7.11 Å². The number of pyridine rings is 1. The number of nitrogens with one attached hydrogen (secondary N) is 2. The summed E-state index contributed by atoms with van der Waals surface area (Å²) in [5.74, 6) is -0.558. The molecular weight excluding hydrogens is 366 g/mol. The quantitative estimate of drug-likeness (QED) is 0.582. The van der Waals surface area contributed by atoms with Crippen LogP contribution in [0.2, 0.25) is 0 Å². The fraction of sp³-hybridized carbons (Fsp3) is 0.579. The third kappa shape index (κ3) is 8.70. The number of alkyl carbamates (subject to hydrolysis) is 2. The van der Waals surface area contributed by atoms with Crippen LogP contribution in [0.25, 0.3) is 0 Å². The van der Waals surface area contributed by atoms with Gasteiger partial charge in [-0.3, -0.25) is 4.98 Å². The number of hydrogen-bond acceptors (Lipinski definition) is 7. The van der Waals surface area contributed by atoms with Gasteiger partial charge in [0.1, 0.15) is 11.2 Å². The molecule has 0 aromatic carbocycles. The summed E-state index contributed by atoms with van der Waals surface area (Å²) in [5, 5.41) is 5.21. The Hall–Kier alpha value is -2.84. The topological polar surface area (TPSA) is 116 Å². The van der Waals surface area contributed by atoms with Crippen molar-refractivity contribution >= 4 is 18.2 Å². The second-order valence-corrected chi connectivity index (χ2v) is 8.03. The maximum atomic E-state index is 11.9. The number of esters is 1. The molecule has 9 heteroatoms. The Kier molecular flexibility index (Phi) is 7.78. The third-order valence-corrected chi connectivity index (χ3v) is 3.10. The summed E-state index contributed by atoms with van der Waals surface area (Å²) in [6.07, 6.45) is 0.133. The van der Waals surface area contributed by atoms with E-state index in [1.807, 2.05) is 0 Å². The van der Waals surface area contributed by atoms with Crippen molar-refractivity contribution in [3.05, 3.63) is 29.1 Å². The van der Waals surface area contributed by atoms with E-state index in [1.165, 1.54) is 13.3 Å². The Bertz CT molecular complexity index is 719. The van der Waals surface area contributed by atoms with Crippen LogP contribution >= 0.6 is 0 Å². The number of methoxy groups -OCH3 is 1. The molecule has 28 heavy (non-hydrogen) atoms. The molecule has 0 aliphatic rings. The molecule has 0 unspecified atom stereocenters. The molecule has 0 saturated carbocycles. The van der Waals surface area contributed by atoms with Crippen molar-refractivity contribution in [3.8, 4) is 0 Å². The number of amides is 2. The Morgan fingerprint density at radius 3 is 1.89 bits per heavy atom. The average Bonchev–Trinajstić information content (AvgIpc) is 2.54. The minimum absolute atomic E-state index is 0.0537. The van der Waals surface area contributed by atoms with Crippen LogP contribution in [0.15, 0.2) is 12.3 Å². The van der Waals surface area contributed by atoms with Crippen LogP contribution in [0.5, 0.6) is 0 Å². The molecule has 0 radical (unpaired) electrons. The van der Waals surface area contributed by atoms with Crippen molar-refractivity contribution in [2.24, 2.45) is 0 Å². The highest BCUT2D eigenvalue weighted by atomic mass is 16.6. The van der Waals surface area contributed by atoms with E-state index in [0.29, 0.717) is 11.3 Å². The molecule has 0 bridgehead atoms. The maximum absolute atomic E-state index is 11.9. The first-order chi connectivity index (χ1) is 12.8. The van der Waals surface area contributed by atoms with Gasteiger partial charge in [0.15, 0.2) is 0 Å². The number of hydrogen-bond donors (Lipinski definition) is 2. The van der Waals surface area contributed by atoms with E-state index in [0.717, 1.165) is 0 Å². The summed E-state index contributed by atoms with van der Waals surface area (Å²) in [6, 6.07) is 1.54. The number of rotatable bonds is 5. The van der Waals surface area contributed by atoms with E-state index in [1.54, 1.807) is 47.6 Å². The monoisotopic (exact) mass is 395 g/mol. The van der Waals surface area contributed by atoms with Crippen LogP contribution in [0.1, 0.15) is 63.2 Å². The van der Waals surface area contributed by atoms with Gasteiger partial charge in [-0.05, 0) is 53.2 Å². The lowest BCUT2D eigenvalue weighted by atomic mass is 10.1. The minimum Gasteiger partial charge on any atom is -0.465 e. The van der Waals surface area contributed by atoms with Crippen molar-refractivity contribution in [1.29, 1.82) is 0 Å². The number of carbonyl (C=O) groups excluding carboxylic acids is 3. The van der Waals surface area contributed by atoms with Gasteiger partial charge in [-0.2, -0.15) is 0 Å². The zero-order chi connectivity index (χ0) is 21.5. The molecule has 0 aliphatic carbocycles. The summed E-state index contributed by atoms with van der Waals surface area (Å²) in [4.78, 5) is 39.7. The molecule has 9 nitrogen and oxygen atoms in total. The van der Waals surface area contributed by atoms with Crippen LogP contribution in [0.3, 0.4) is 0 Å². The smallest absolute Gasteiger partial charge is 0.407 e. The number of aromatic nitrogens is 1. The predicted octanol–water partition coefficient (Wildman–Crippen LogP) is 2.92. The van der Waals surface area contributed by atoms with E-state index in [4.69, 9.17) is 14.2 Å². The summed E-state index contributed by atoms with van der Waals surface area (Å²) < 4.78 is 15.1. The van der Waals surface area contributed by atoms with E-state index in [2.05, 4.69) is 15.6 Å². The van der Waals surface area contributed by atoms with E-state index >= 15 is 0 Å². The van der Waals surface area contributed by atoms with Crippen molar-refractivity contribution in [1.82, 2.24) is 15.6 Å². The Morgan fingerprint density at radius 2 is 1.43 bits per heavy atom. The highest BCUT2D eigenvalue weighted by molar-refractivity contribution is 5.89. The lowest BCUT2D eigenvalue weighted by Gasteiger charge is -2.21. The maximum Gasteiger partial charge on any atom is 0.407 e. The standard InChI is InChI=1S/C19H29N3O6/c1-18(2,3)27-16(24)21-9-12-8-13(15(23)26-7)10-20-14(12)11-22-17(25)28-19(4,5)6/h8,10H,9,11H2,1-7H3,(H,21,24)(H,22,25). The van der Waals surface area contributed by atoms with Crippen LogP contribution < -0.4 is 10.6 Å². The molecule has 0 fully saturated rings. The zero-order valence-electron chi connectivity index (χ0n) is 17.5. The molecule has 0 spiro atoms. The molecule has 2 amide bonds. The lowest BCUT2D eigenvalue weighted by Crippen LogP contribution is -2.34. The van der Waals surface area contributed by atoms with Crippen LogP contribution in [-0.2, 0) is 27.3 Å². The average molecular weight is 395 g/mol. The number of carbonyl (C=O) groups is 3. The zero-order valence-corrected chi connectivity index (χ0v) is 17.5. The first-order valence-corrected chi connectivity index (χ1v) is 8.80. The molecule has 0 aliphatic heterocycles. The molecule has 1 heterocycles. The first-order valence-electron chi connectivity index (χ1n) is 8.80. The van der Waals surface area contributed by atoms with Gasteiger partial charge in [-0.25, -0.2) is 14.4 Å². The highest BCUT2D eigenvalue weighted by Crippen LogP contribution is 2.13. The van der Waals surface area contributed by atoms with Gasteiger partial charge in [-0.15, -0.1) is 0 Å². The largest absolute Gasteiger partial charge is 0.465 e. The van der Waals surface area contributed by atoms with E-state index in [9.17, 15) is 14.4 Å². The fourth-order valence-corrected chi connectivity index (χ4v) is 2.03. The molecule has 1 aromatic rings. The van der Waals surface area contributed by atoms with Crippen LogP contribution in [0.4, 0.5) is 9.59 Å². The van der Waals surface area contributed by atoms with Gasteiger partial charge >= 0.3 is 18.2 Å². The number of nitrogens with zero attached hydrogens (tertiary/aromatic N) is 1. The Morgan fingerprint density at radius 1 is 0.929 bits per heavy atom. The van der Waals surface area contributed by atoms with Gasteiger partial charge in [-0.1, -0.05) is 0 Å². The highest BCUT2D eigenvalue weighted by Gasteiger charge is 2.19. The SMILES string of the molecule is COC(=O)c1cnc(CNC(=O)OC(C)(C)C)c(CNC(=O)OC(C)(C)C)c1. The normalized spacial score (nSPS) is 11.4. The van der Waals surface area contributed by atoms with Crippen LogP contribution in [-0.4, -0.2) is 41.5 Å². The molecule has 1 aromatic heterocycles. The lowest BCUT2D eigenvalue weighted by molar-refractivity contribution is 0.0508. The molecule has 156 valence electrons. The fourth-order valence-electron chi connectivity index (χ4n) is 2.03. The third-order valence-electron chi connectivity index (χ3n) is 3.10. The molecule has 0 saturated heterocycles. The second kappa shape index (κ2) is 9.38.